The molecule has 4 aromatic rings. The third-order valence-electron chi connectivity index (χ3n) is 13.8. The van der Waals surface area contributed by atoms with E-state index in [4.69, 9.17) is 18.9 Å². The summed E-state index contributed by atoms with van der Waals surface area (Å²) in [6.07, 6.45) is 2.49. The lowest BCUT2D eigenvalue weighted by molar-refractivity contribution is -0.420. The lowest BCUT2D eigenvalue weighted by atomic mass is 9.35. The summed E-state index contributed by atoms with van der Waals surface area (Å²) >= 11 is 0. The Labute approximate surface area is 308 Å². The molecule has 4 aromatic carbocycles. The van der Waals surface area contributed by atoms with Crippen molar-refractivity contribution in [2.75, 3.05) is 0 Å². The van der Waals surface area contributed by atoms with Crippen LogP contribution in [-0.2, 0) is 0 Å². The molecule has 0 saturated heterocycles. The Balaban J connectivity index is 2.03. The zero-order valence-electron chi connectivity index (χ0n) is 33.6. The van der Waals surface area contributed by atoms with Crippen LogP contribution in [0.5, 0.6) is 23.0 Å². The molecule has 1 saturated carbocycles. The van der Waals surface area contributed by atoms with Gasteiger partial charge in [-0.05, 0) is 133 Å². The first-order valence-electron chi connectivity index (χ1n) is 19.0. The topological polar surface area (TPSA) is 36.9 Å². The van der Waals surface area contributed by atoms with E-state index in [1.165, 1.54) is 11.1 Å². The van der Waals surface area contributed by atoms with Gasteiger partial charge >= 0.3 is 0 Å². The molecule has 6 unspecified atom stereocenters. The molecule has 0 amide bonds. The van der Waals surface area contributed by atoms with Crippen LogP contribution in [0.15, 0.2) is 97.1 Å². The van der Waals surface area contributed by atoms with Crippen LogP contribution in [0.4, 0.5) is 0 Å². The molecule has 0 bridgehead atoms. The van der Waals surface area contributed by atoms with Crippen molar-refractivity contribution in [2.24, 2.45) is 22.2 Å². The standard InChI is InChI=1S/C47H62O4/c1-14-31-43(10)45(12,48-38-25-19-16-20-26-38)42(9,15-2)47(50-40-29-23-18-24-30-40,51-41-36(7)34(5)32-35(6)37(41)8)44(11,33(3)4)46(43,13)49-39-27-21-17-22-28-39/h16-30,32-33H,14-15,31H2,1-13H3. The van der Waals surface area contributed by atoms with E-state index in [2.05, 4.69) is 120 Å². The third-order valence-corrected chi connectivity index (χ3v) is 13.8. The zero-order valence-corrected chi connectivity index (χ0v) is 33.6. The summed E-state index contributed by atoms with van der Waals surface area (Å²) in [4.78, 5) is 0. The van der Waals surface area contributed by atoms with Gasteiger partial charge in [0.1, 0.15) is 34.2 Å². The minimum Gasteiger partial charge on any atom is -0.486 e. The summed E-state index contributed by atoms with van der Waals surface area (Å²) < 4.78 is 31.1. The van der Waals surface area contributed by atoms with E-state index in [1.54, 1.807) is 0 Å². The lowest BCUT2D eigenvalue weighted by Gasteiger charge is -2.76. The van der Waals surface area contributed by atoms with Gasteiger partial charge in [0.25, 0.3) is 5.79 Å². The summed E-state index contributed by atoms with van der Waals surface area (Å²) in [6, 6.07) is 33.0. The number of benzene rings is 4. The van der Waals surface area contributed by atoms with Crippen LogP contribution in [0.25, 0.3) is 0 Å². The van der Waals surface area contributed by atoms with Gasteiger partial charge in [-0.25, -0.2) is 0 Å². The first-order chi connectivity index (χ1) is 24.0. The number of para-hydroxylation sites is 3. The number of hydrogen-bond donors (Lipinski definition) is 0. The second kappa shape index (κ2) is 13.9. The van der Waals surface area contributed by atoms with Crippen LogP contribution in [0.3, 0.4) is 0 Å². The summed E-state index contributed by atoms with van der Waals surface area (Å²) in [6.45, 7) is 29.6. The minimum atomic E-state index is -1.33. The van der Waals surface area contributed by atoms with E-state index < -0.39 is 33.2 Å². The molecule has 0 radical (unpaired) electrons. The molecule has 1 aliphatic rings. The highest BCUT2D eigenvalue weighted by molar-refractivity contribution is 5.50. The molecule has 4 nitrogen and oxygen atoms in total. The number of aryl methyl sites for hydroxylation is 2. The van der Waals surface area contributed by atoms with Crippen LogP contribution in [0.1, 0.15) is 104 Å². The first kappa shape index (κ1) is 38.3. The van der Waals surface area contributed by atoms with Crippen molar-refractivity contribution in [2.45, 2.75) is 126 Å². The van der Waals surface area contributed by atoms with E-state index in [9.17, 15) is 0 Å². The van der Waals surface area contributed by atoms with E-state index in [-0.39, 0.29) is 5.92 Å². The highest BCUT2D eigenvalue weighted by Crippen LogP contribution is 2.75. The van der Waals surface area contributed by atoms with Crippen molar-refractivity contribution in [1.29, 1.82) is 0 Å². The van der Waals surface area contributed by atoms with Gasteiger partial charge in [0.15, 0.2) is 0 Å². The zero-order chi connectivity index (χ0) is 37.5. The Morgan fingerprint density at radius 1 is 0.529 bits per heavy atom. The van der Waals surface area contributed by atoms with E-state index >= 15 is 0 Å². The van der Waals surface area contributed by atoms with Gasteiger partial charge in [-0.2, -0.15) is 0 Å². The van der Waals surface area contributed by atoms with Crippen molar-refractivity contribution in [3.8, 4) is 23.0 Å². The average molecular weight is 691 g/mol. The highest BCUT2D eigenvalue weighted by Gasteiger charge is 2.87. The van der Waals surface area contributed by atoms with E-state index in [1.807, 2.05) is 66.7 Å². The third kappa shape index (κ3) is 5.54. The average Bonchev–Trinajstić information content (AvgIpc) is 3.11. The second-order valence-electron chi connectivity index (χ2n) is 16.2. The van der Waals surface area contributed by atoms with Crippen molar-refractivity contribution >= 4 is 0 Å². The maximum absolute atomic E-state index is 8.01. The van der Waals surface area contributed by atoms with Crippen LogP contribution < -0.4 is 18.9 Å². The van der Waals surface area contributed by atoms with Crippen LogP contribution >= 0.6 is 0 Å². The molecule has 0 aliphatic heterocycles. The molecule has 5 rings (SSSR count). The lowest BCUT2D eigenvalue weighted by Crippen LogP contribution is -2.89. The Morgan fingerprint density at radius 3 is 1.33 bits per heavy atom. The van der Waals surface area contributed by atoms with Gasteiger partial charge in [0.2, 0.25) is 0 Å². The van der Waals surface area contributed by atoms with Gasteiger partial charge < -0.3 is 18.9 Å². The maximum Gasteiger partial charge on any atom is 0.269 e. The fourth-order valence-corrected chi connectivity index (χ4v) is 9.80. The van der Waals surface area contributed by atoms with Crippen molar-refractivity contribution in [3.05, 3.63) is 119 Å². The largest absolute Gasteiger partial charge is 0.486 e. The summed E-state index contributed by atoms with van der Waals surface area (Å²) in [7, 11) is 0. The SMILES string of the molecule is CCCC1(C)C(C)(Oc2ccccc2)C(C)(CC)C(Oc2ccccc2)(Oc2c(C)c(C)cc(C)c2C)C(C)(C(C)C)C1(C)Oc1ccccc1. The quantitative estimate of drug-likeness (QED) is 0.139. The second-order valence-corrected chi connectivity index (χ2v) is 16.2. The predicted molar refractivity (Wildman–Crippen MR) is 211 cm³/mol. The molecule has 0 N–H and O–H groups in total. The molecule has 0 heterocycles. The smallest absolute Gasteiger partial charge is 0.269 e. The van der Waals surface area contributed by atoms with E-state index in [0.717, 1.165) is 47.0 Å². The van der Waals surface area contributed by atoms with Crippen LogP contribution in [-0.4, -0.2) is 17.0 Å². The molecule has 1 aliphatic carbocycles. The molecular weight excluding hydrogens is 629 g/mol. The van der Waals surface area contributed by atoms with Crippen molar-refractivity contribution in [1.82, 2.24) is 0 Å². The number of rotatable bonds is 12. The number of hydrogen-bond acceptors (Lipinski definition) is 4. The summed E-state index contributed by atoms with van der Waals surface area (Å²) in [5, 5.41) is 0. The highest BCUT2D eigenvalue weighted by atomic mass is 16.7. The molecule has 6 atom stereocenters. The molecule has 4 heteroatoms. The first-order valence-corrected chi connectivity index (χ1v) is 19.0. The Kier molecular flexibility index (Phi) is 10.4. The summed E-state index contributed by atoms with van der Waals surface area (Å²) in [5.74, 6) is 1.91. The van der Waals surface area contributed by atoms with Crippen LogP contribution in [0.2, 0.25) is 0 Å². The Bertz CT molecular complexity index is 1760. The van der Waals surface area contributed by atoms with Gasteiger partial charge in [0, 0.05) is 5.41 Å². The van der Waals surface area contributed by atoms with Gasteiger partial charge in [-0.15, -0.1) is 0 Å². The van der Waals surface area contributed by atoms with Gasteiger partial charge in [0.05, 0.1) is 10.8 Å². The Hall–Kier alpha value is -3.92. The fourth-order valence-electron chi connectivity index (χ4n) is 9.80. The van der Waals surface area contributed by atoms with Crippen LogP contribution in [0, 0.1) is 49.9 Å². The monoisotopic (exact) mass is 690 g/mol. The summed E-state index contributed by atoms with van der Waals surface area (Å²) in [5.41, 5.74) is 0.619. The van der Waals surface area contributed by atoms with E-state index in [0.29, 0.717) is 6.42 Å². The predicted octanol–water partition coefficient (Wildman–Crippen LogP) is 12.6. The van der Waals surface area contributed by atoms with Crippen molar-refractivity contribution in [3.63, 3.8) is 0 Å². The fraction of sp³-hybridized carbons (Fsp3) is 0.489. The van der Waals surface area contributed by atoms with Gasteiger partial charge in [-0.1, -0.05) is 102 Å². The molecule has 51 heavy (non-hydrogen) atoms. The molecule has 0 aromatic heterocycles. The molecular formula is C47H62O4. The molecule has 0 spiro atoms. The van der Waals surface area contributed by atoms with Crippen molar-refractivity contribution < 1.29 is 18.9 Å². The number of ether oxygens (including phenoxy) is 4. The normalized spacial score (nSPS) is 30.5. The Morgan fingerprint density at radius 2 is 0.941 bits per heavy atom. The van der Waals surface area contributed by atoms with Gasteiger partial charge in [-0.3, -0.25) is 0 Å². The molecule has 1 fully saturated rings. The minimum absolute atomic E-state index is 0.0183. The maximum atomic E-state index is 8.01. The molecule has 274 valence electrons.